The fourth-order valence-electron chi connectivity index (χ4n) is 7.25. The summed E-state index contributed by atoms with van der Waals surface area (Å²) >= 11 is 0. The van der Waals surface area contributed by atoms with Gasteiger partial charge in [0.25, 0.3) is 11.1 Å². The van der Waals surface area contributed by atoms with Crippen LogP contribution in [0.2, 0.25) is 0 Å². The normalized spacial score (nSPS) is 11.8. The van der Waals surface area contributed by atoms with Crippen LogP contribution in [0.5, 0.6) is 0 Å². The maximum Gasteiger partial charge on any atom is 0.280 e. The summed E-state index contributed by atoms with van der Waals surface area (Å²) in [7, 11) is 3.82. The molecule has 2 heterocycles. The molecule has 0 saturated carbocycles. The van der Waals surface area contributed by atoms with Crippen molar-refractivity contribution in [2.24, 2.45) is 24.1 Å². The molecule has 0 bridgehead atoms. The molecule has 0 amide bonds. The van der Waals surface area contributed by atoms with Gasteiger partial charge in [0.2, 0.25) is 0 Å². The average molecular weight is 707 g/mol. The first-order valence-electron chi connectivity index (χ1n) is 18.7. The predicted molar refractivity (Wildman–Crippen MR) is 219 cm³/mol. The van der Waals surface area contributed by atoms with E-state index >= 15 is 0 Å². The van der Waals surface area contributed by atoms with Crippen LogP contribution in [0.3, 0.4) is 0 Å². The molecule has 53 heavy (non-hydrogen) atoms. The molecule has 0 unspecified atom stereocenters. The molecule has 272 valence electrons. The second kappa shape index (κ2) is 15.9. The summed E-state index contributed by atoms with van der Waals surface area (Å²) in [6.07, 6.45) is 7.59. The highest BCUT2D eigenvalue weighted by molar-refractivity contribution is 5.85. The Hall–Kier alpha value is -5.76. The third-order valence-electron chi connectivity index (χ3n) is 10.4. The Bertz CT molecular complexity index is 2220. The molecule has 8 heteroatoms. The van der Waals surface area contributed by atoms with E-state index < -0.39 is 0 Å². The van der Waals surface area contributed by atoms with Crippen molar-refractivity contribution < 1.29 is 0 Å². The van der Waals surface area contributed by atoms with Gasteiger partial charge in [-0.05, 0) is 104 Å². The van der Waals surface area contributed by atoms with Gasteiger partial charge < -0.3 is 0 Å². The fourth-order valence-corrected chi connectivity index (χ4v) is 7.25. The molecular weight excluding hydrogens is 657 g/mol. The number of rotatable bonds is 12. The minimum absolute atomic E-state index is 0.0814. The van der Waals surface area contributed by atoms with E-state index in [1.54, 1.807) is 21.8 Å². The first-order chi connectivity index (χ1) is 25.6. The molecule has 0 saturated heterocycles. The number of para-hydroxylation sites is 2. The minimum Gasteiger partial charge on any atom is -0.285 e. The lowest BCUT2D eigenvalue weighted by Crippen LogP contribution is -2.20. The van der Waals surface area contributed by atoms with Gasteiger partial charge in [0.1, 0.15) is 0 Å². The molecule has 0 radical (unpaired) electrons. The van der Waals surface area contributed by atoms with Crippen LogP contribution in [-0.2, 0) is 46.2 Å². The van der Waals surface area contributed by atoms with Gasteiger partial charge in [0.05, 0.1) is 33.9 Å². The molecule has 6 rings (SSSR count). The van der Waals surface area contributed by atoms with E-state index in [0.29, 0.717) is 11.1 Å². The van der Waals surface area contributed by atoms with Crippen LogP contribution >= 0.6 is 0 Å². The van der Waals surface area contributed by atoms with Gasteiger partial charge in [0.15, 0.2) is 0 Å². The highest BCUT2D eigenvalue weighted by atomic mass is 16.1. The van der Waals surface area contributed by atoms with Crippen LogP contribution in [0.25, 0.3) is 11.4 Å². The minimum atomic E-state index is -0.0814. The van der Waals surface area contributed by atoms with Crippen LogP contribution in [0.4, 0.5) is 11.4 Å². The van der Waals surface area contributed by atoms with Crippen LogP contribution in [0, 0.1) is 13.8 Å². The highest BCUT2D eigenvalue weighted by Crippen LogP contribution is 2.32. The standard InChI is InChI=1S/C45H50N6O2/c1-9-34-24-32(25-35(10-2)42(34)46-28-40-30(5)48(7)50(44(40)52)38-19-15-13-16-20-38)23-33-26-36(11-3)43(37(12-4)27-33)47-29-41-31(6)49(8)51(45(41)53)39-21-17-14-18-22-39/h13-22,24-29H,9-12,23H2,1-8H3. The SMILES string of the molecule is CCc1cc(Cc2cc(CC)c(N=Cc3c(C)n(C)n(-c4ccccc4)c3=O)c(CC)c2)cc(CC)c1N=Cc1c(C)n(C)n(-c2ccccc2)c1=O. The fraction of sp³-hybridized carbons (Fsp3) is 0.289. The van der Waals surface area contributed by atoms with Gasteiger partial charge >= 0.3 is 0 Å². The summed E-state index contributed by atoms with van der Waals surface area (Å²) in [4.78, 5) is 37.1. The quantitative estimate of drug-likeness (QED) is 0.120. The summed E-state index contributed by atoms with van der Waals surface area (Å²) in [6.45, 7) is 12.6. The number of nitrogens with zero attached hydrogens (tertiary/aromatic N) is 6. The van der Waals surface area contributed by atoms with Gasteiger partial charge in [0, 0.05) is 37.9 Å². The van der Waals surface area contributed by atoms with Gasteiger partial charge in [-0.2, -0.15) is 0 Å². The zero-order valence-corrected chi connectivity index (χ0v) is 32.3. The Morgan fingerprint density at radius 1 is 0.528 bits per heavy atom. The Labute approximate surface area is 312 Å². The molecule has 0 atom stereocenters. The molecule has 0 N–H and O–H groups in total. The molecule has 6 aromatic rings. The lowest BCUT2D eigenvalue weighted by Gasteiger charge is -2.15. The monoisotopic (exact) mass is 706 g/mol. The summed E-state index contributed by atoms with van der Waals surface area (Å²) < 4.78 is 7.16. The molecule has 2 aromatic heterocycles. The average Bonchev–Trinajstić information content (AvgIpc) is 3.53. The third kappa shape index (κ3) is 7.18. The number of aliphatic imine (C=N–C) groups is 2. The molecule has 8 nitrogen and oxygen atoms in total. The van der Waals surface area contributed by atoms with Crippen LogP contribution in [0.1, 0.15) is 83.6 Å². The lowest BCUT2D eigenvalue weighted by atomic mass is 9.92. The molecule has 0 fully saturated rings. The second-order valence-corrected chi connectivity index (χ2v) is 13.6. The van der Waals surface area contributed by atoms with Crippen LogP contribution in [0.15, 0.2) is 105 Å². The molecule has 0 aliphatic carbocycles. The zero-order valence-electron chi connectivity index (χ0n) is 32.3. The molecular formula is C45H50N6O2. The summed E-state index contributed by atoms with van der Waals surface area (Å²) in [5.41, 5.74) is 13.4. The van der Waals surface area contributed by atoms with Crippen LogP contribution < -0.4 is 11.1 Å². The Kier molecular flexibility index (Phi) is 11.1. The number of hydrogen-bond donors (Lipinski definition) is 0. The van der Waals surface area contributed by atoms with Crippen molar-refractivity contribution in [3.63, 3.8) is 0 Å². The Morgan fingerprint density at radius 3 is 1.15 bits per heavy atom. The van der Waals surface area contributed by atoms with Crippen molar-refractivity contribution in [1.29, 1.82) is 0 Å². The van der Waals surface area contributed by atoms with E-state index in [4.69, 9.17) is 9.98 Å². The smallest absolute Gasteiger partial charge is 0.280 e. The topological polar surface area (TPSA) is 78.6 Å². The molecule has 0 spiro atoms. The third-order valence-corrected chi connectivity index (χ3v) is 10.4. The van der Waals surface area contributed by atoms with E-state index in [0.717, 1.165) is 66.2 Å². The van der Waals surface area contributed by atoms with Gasteiger partial charge in [-0.1, -0.05) is 88.4 Å². The largest absolute Gasteiger partial charge is 0.285 e. The number of benzene rings is 4. The van der Waals surface area contributed by atoms with Crippen molar-refractivity contribution in [1.82, 2.24) is 18.7 Å². The maximum atomic E-state index is 13.6. The number of aromatic nitrogens is 4. The van der Waals surface area contributed by atoms with E-state index in [-0.39, 0.29) is 11.1 Å². The van der Waals surface area contributed by atoms with E-state index in [2.05, 4.69) is 52.0 Å². The van der Waals surface area contributed by atoms with Crippen LogP contribution in [-0.4, -0.2) is 31.2 Å². The second-order valence-electron chi connectivity index (χ2n) is 13.6. The van der Waals surface area contributed by atoms with Crippen molar-refractivity contribution in [3.8, 4) is 11.4 Å². The van der Waals surface area contributed by atoms with E-state index in [1.807, 2.05) is 98.0 Å². The number of hydrogen-bond acceptors (Lipinski definition) is 4. The highest BCUT2D eigenvalue weighted by Gasteiger charge is 2.18. The van der Waals surface area contributed by atoms with Gasteiger partial charge in [-0.15, -0.1) is 0 Å². The van der Waals surface area contributed by atoms with E-state index in [9.17, 15) is 9.59 Å². The maximum absolute atomic E-state index is 13.6. The first-order valence-corrected chi connectivity index (χ1v) is 18.7. The Morgan fingerprint density at radius 2 is 0.849 bits per heavy atom. The zero-order chi connectivity index (χ0) is 37.8. The summed E-state index contributed by atoms with van der Waals surface area (Å²) in [5.74, 6) is 0. The van der Waals surface area contributed by atoms with Crippen molar-refractivity contribution in [3.05, 3.63) is 162 Å². The predicted octanol–water partition coefficient (Wildman–Crippen LogP) is 8.62. The lowest BCUT2D eigenvalue weighted by molar-refractivity contribution is 0.630. The summed E-state index contributed by atoms with van der Waals surface area (Å²) in [5, 5.41) is 0. The molecule has 0 aliphatic heterocycles. The van der Waals surface area contributed by atoms with Gasteiger partial charge in [-0.3, -0.25) is 28.9 Å². The van der Waals surface area contributed by atoms with Crippen molar-refractivity contribution >= 4 is 23.8 Å². The molecule has 4 aromatic carbocycles. The summed E-state index contributed by atoms with van der Waals surface area (Å²) in [6, 6.07) is 28.5. The molecule has 0 aliphatic rings. The number of aryl methyl sites for hydroxylation is 4. The van der Waals surface area contributed by atoms with Crippen molar-refractivity contribution in [2.45, 2.75) is 73.6 Å². The van der Waals surface area contributed by atoms with E-state index in [1.165, 1.54) is 33.4 Å². The van der Waals surface area contributed by atoms with Gasteiger partial charge in [-0.25, -0.2) is 9.36 Å². The first kappa shape index (κ1) is 37.0. The van der Waals surface area contributed by atoms with Crippen molar-refractivity contribution in [2.75, 3.05) is 0 Å². The Balaban J connectivity index is 1.31.